The van der Waals surface area contributed by atoms with E-state index < -0.39 is 6.04 Å². The van der Waals surface area contributed by atoms with Gasteiger partial charge < -0.3 is 14.8 Å². The summed E-state index contributed by atoms with van der Waals surface area (Å²) in [4.78, 5) is 24.9. The Morgan fingerprint density at radius 1 is 1.08 bits per heavy atom. The third kappa shape index (κ3) is 4.98. The monoisotopic (exact) mass is 333 g/mol. The fourth-order valence-electron chi connectivity index (χ4n) is 2.89. The second-order valence-corrected chi connectivity index (χ2v) is 6.62. The maximum absolute atomic E-state index is 12.5. The van der Waals surface area contributed by atoms with Crippen molar-refractivity contribution in [3.05, 3.63) is 29.8 Å². The maximum Gasteiger partial charge on any atom is 0.329 e. The number of ether oxygens (including phenoxy) is 2. The van der Waals surface area contributed by atoms with Crippen LogP contribution in [0.5, 0.6) is 5.75 Å². The number of hydrogen-bond donors (Lipinski definition) is 1. The number of carbonyl (C=O) groups is 2. The third-order valence-electron chi connectivity index (χ3n) is 4.39. The van der Waals surface area contributed by atoms with Crippen LogP contribution in [-0.2, 0) is 9.53 Å². The van der Waals surface area contributed by atoms with E-state index in [0.29, 0.717) is 11.3 Å². The molecule has 1 aliphatic carbocycles. The number of amides is 1. The van der Waals surface area contributed by atoms with E-state index in [2.05, 4.69) is 5.32 Å². The molecule has 1 aromatic rings. The van der Waals surface area contributed by atoms with Gasteiger partial charge in [0.1, 0.15) is 17.9 Å². The summed E-state index contributed by atoms with van der Waals surface area (Å²) in [5.74, 6) is 0.0302. The fourth-order valence-corrected chi connectivity index (χ4v) is 2.89. The van der Waals surface area contributed by atoms with Crippen LogP contribution in [0.1, 0.15) is 56.3 Å². The summed E-state index contributed by atoms with van der Waals surface area (Å²) in [7, 11) is 1.57. The van der Waals surface area contributed by atoms with E-state index >= 15 is 0 Å². The van der Waals surface area contributed by atoms with Crippen molar-refractivity contribution in [3.8, 4) is 5.75 Å². The molecule has 0 radical (unpaired) electrons. The molecule has 0 aliphatic heterocycles. The van der Waals surface area contributed by atoms with Crippen LogP contribution in [-0.4, -0.2) is 31.1 Å². The maximum atomic E-state index is 12.5. The Morgan fingerprint density at radius 3 is 2.25 bits per heavy atom. The molecular formula is C19H27NO4. The Morgan fingerprint density at radius 2 is 1.71 bits per heavy atom. The smallest absolute Gasteiger partial charge is 0.329 e. The van der Waals surface area contributed by atoms with Gasteiger partial charge in [-0.25, -0.2) is 4.79 Å². The second kappa shape index (κ2) is 8.71. The zero-order chi connectivity index (χ0) is 17.5. The van der Waals surface area contributed by atoms with Gasteiger partial charge in [-0.05, 0) is 55.9 Å². The molecule has 1 aliphatic rings. The molecule has 1 amide bonds. The summed E-state index contributed by atoms with van der Waals surface area (Å²) in [6.07, 6.45) is 5.23. The van der Waals surface area contributed by atoms with E-state index in [4.69, 9.17) is 9.47 Å². The molecule has 0 aromatic heterocycles. The molecule has 1 fully saturated rings. The summed E-state index contributed by atoms with van der Waals surface area (Å²) in [6.45, 7) is 3.81. The Balaban J connectivity index is 1.98. The molecule has 24 heavy (non-hydrogen) atoms. The molecule has 2 rings (SSSR count). The number of nitrogens with one attached hydrogen (secondary N) is 1. The van der Waals surface area contributed by atoms with Crippen LogP contribution in [0, 0.1) is 5.92 Å². The minimum absolute atomic E-state index is 0.00890. The van der Waals surface area contributed by atoms with Gasteiger partial charge in [0.15, 0.2) is 0 Å². The number of rotatable bonds is 6. The van der Waals surface area contributed by atoms with Crippen LogP contribution >= 0.6 is 0 Å². The molecule has 5 nitrogen and oxygen atoms in total. The van der Waals surface area contributed by atoms with Crippen LogP contribution < -0.4 is 10.1 Å². The van der Waals surface area contributed by atoms with Gasteiger partial charge in [0.05, 0.1) is 7.11 Å². The van der Waals surface area contributed by atoms with Crippen molar-refractivity contribution in [2.75, 3.05) is 7.11 Å². The average Bonchev–Trinajstić information content (AvgIpc) is 2.60. The summed E-state index contributed by atoms with van der Waals surface area (Å²) in [5.41, 5.74) is 0.493. The summed E-state index contributed by atoms with van der Waals surface area (Å²) in [5, 5.41) is 2.81. The average molecular weight is 333 g/mol. The van der Waals surface area contributed by atoms with Crippen LogP contribution in [0.15, 0.2) is 24.3 Å². The lowest BCUT2D eigenvalue weighted by molar-refractivity contribution is -0.154. The normalized spacial score (nSPS) is 16.5. The number of esters is 1. The lowest BCUT2D eigenvalue weighted by Crippen LogP contribution is -2.46. The van der Waals surface area contributed by atoms with E-state index in [0.717, 1.165) is 25.7 Å². The number of methoxy groups -OCH3 is 1. The van der Waals surface area contributed by atoms with Crippen molar-refractivity contribution in [2.24, 2.45) is 5.92 Å². The van der Waals surface area contributed by atoms with Gasteiger partial charge in [0, 0.05) is 5.56 Å². The van der Waals surface area contributed by atoms with Gasteiger partial charge in [-0.15, -0.1) is 0 Å². The van der Waals surface area contributed by atoms with Crippen LogP contribution in [0.4, 0.5) is 0 Å². The van der Waals surface area contributed by atoms with E-state index in [1.54, 1.807) is 31.4 Å². The van der Waals surface area contributed by atoms with Gasteiger partial charge in [0.2, 0.25) is 0 Å². The number of benzene rings is 1. The lowest BCUT2D eigenvalue weighted by Gasteiger charge is -2.26. The van der Waals surface area contributed by atoms with Crippen LogP contribution in [0.3, 0.4) is 0 Å². The predicted octanol–water partition coefficient (Wildman–Crippen LogP) is 3.33. The van der Waals surface area contributed by atoms with E-state index in [1.165, 1.54) is 6.42 Å². The number of carbonyl (C=O) groups excluding carboxylic acids is 2. The molecular weight excluding hydrogens is 306 g/mol. The molecule has 1 N–H and O–H groups in total. The highest BCUT2D eigenvalue weighted by Gasteiger charge is 2.29. The largest absolute Gasteiger partial charge is 0.497 e. The molecule has 0 saturated heterocycles. The fraction of sp³-hybridized carbons (Fsp3) is 0.579. The SMILES string of the molecule is COc1ccc(C(=O)NC(C(=O)OC2CCCCC2)C(C)C)cc1. The zero-order valence-corrected chi connectivity index (χ0v) is 14.7. The quantitative estimate of drug-likeness (QED) is 0.811. The minimum Gasteiger partial charge on any atom is -0.497 e. The first kappa shape index (κ1) is 18.3. The minimum atomic E-state index is -0.637. The molecule has 0 heterocycles. The third-order valence-corrected chi connectivity index (χ3v) is 4.39. The number of hydrogen-bond acceptors (Lipinski definition) is 4. The first-order valence-corrected chi connectivity index (χ1v) is 8.66. The Hall–Kier alpha value is -2.04. The van der Waals surface area contributed by atoms with Gasteiger partial charge in [-0.1, -0.05) is 20.3 Å². The molecule has 132 valence electrons. The molecule has 0 bridgehead atoms. The molecule has 5 heteroatoms. The van der Waals surface area contributed by atoms with E-state index in [-0.39, 0.29) is 23.9 Å². The van der Waals surface area contributed by atoms with Crippen molar-refractivity contribution in [1.82, 2.24) is 5.32 Å². The highest BCUT2D eigenvalue weighted by atomic mass is 16.5. The first-order chi connectivity index (χ1) is 11.5. The first-order valence-electron chi connectivity index (χ1n) is 8.66. The Labute approximate surface area is 143 Å². The Kier molecular flexibility index (Phi) is 6.64. The summed E-state index contributed by atoms with van der Waals surface area (Å²) < 4.78 is 10.7. The van der Waals surface area contributed by atoms with Crippen molar-refractivity contribution in [3.63, 3.8) is 0 Å². The summed E-state index contributed by atoms with van der Waals surface area (Å²) in [6, 6.07) is 6.16. The van der Waals surface area contributed by atoms with Crippen molar-refractivity contribution in [1.29, 1.82) is 0 Å². The van der Waals surface area contributed by atoms with Crippen LogP contribution in [0.2, 0.25) is 0 Å². The van der Waals surface area contributed by atoms with Gasteiger partial charge in [-0.3, -0.25) is 4.79 Å². The predicted molar refractivity (Wildman–Crippen MR) is 92.1 cm³/mol. The molecule has 1 unspecified atom stereocenters. The highest BCUT2D eigenvalue weighted by Crippen LogP contribution is 2.21. The van der Waals surface area contributed by atoms with E-state index in [9.17, 15) is 9.59 Å². The topological polar surface area (TPSA) is 64.6 Å². The summed E-state index contributed by atoms with van der Waals surface area (Å²) >= 11 is 0. The molecule has 1 atom stereocenters. The molecule has 1 saturated carbocycles. The Bertz CT molecular complexity index is 547. The second-order valence-electron chi connectivity index (χ2n) is 6.62. The van der Waals surface area contributed by atoms with Gasteiger partial charge in [0.25, 0.3) is 5.91 Å². The highest BCUT2D eigenvalue weighted by molar-refractivity contribution is 5.96. The van der Waals surface area contributed by atoms with Gasteiger partial charge >= 0.3 is 5.97 Å². The lowest BCUT2D eigenvalue weighted by atomic mass is 9.97. The van der Waals surface area contributed by atoms with E-state index in [1.807, 2.05) is 13.8 Å². The zero-order valence-electron chi connectivity index (χ0n) is 14.7. The van der Waals surface area contributed by atoms with Crippen molar-refractivity contribution in [2.45, 2.75) is 58.1 Å². The molecule has 1 aromatic carbocycles. The standard InChI is InChI=1S/C19H27NO4/c1-13(2)17(19(22)24-16-7-5-4-6-8-16)20-18(21)14-9-11-15(23-3)12-10-14/h9-13,16-17H,4-8H2,1-3H3,(H,20,21). The molecule has 0 spiro atoms. The van der Waals surface area contributed by atoms with Gasteiger partial charge in [-0.2, -0.15) is 0 Å². The van der Waals surface area contributed by atoms with Crippen molar-refractivity contribution >= 4 is 11.9 Å². The van der Waals surface area contributed by atoms with Crippen LogP contribution in [0.25, 0.3) is 0 Å². The van der Waals surface area contributed by atoms with Crippen molar-refractivity contribution < 1.29 is 19.1 Å².